The summed E-state index contributed by atoms with van der Waals surface area (Å²) in [4.78, 5) is 5.10. The summed E-state index contributed by atoms with van der Waals surface area (Å²) >= 11 is 0. The van der Waals surface area contributed by atoms with Crippen molar-refractivity contribution < 1.29 is 0 Å². The summed E-state index contributed by atoms with van der Waals surface area (Å²) in [5.41, 5.74) is 15.5. The van der Waals surface area contributed by atoms with E-state index in [-0.39, 0.29) is 0 Å². The Kier molecular flexibility index (Phi) is 7.95. The molecule has 0 aromatic heterocycles. The highest BCUT2D eigenvalue weighted by Gasteiger charge is 2.25. The van der Waals surface area contributed by atoms with Crippen LogP contribution in [0.25, 0.3) is 65.7 Å². The molecule has 2 aliphatic rings. The second-order valence-electron chi connectivity index (χ2n) is 15.4. The van der Waals surface area contributed by atoms with Crippen molar-refractivity contribution in [2.45, 2.75) is 25.7 Å². The van der Waals surface area contributed by atoms with Gasteiger partial charge in [0.05, 0.1) is 0 Å². The zero-order valence-corrected chi connectivity index (χ0v) is 31.5. The van der Waals surface area contributed by atoms with E-state index in [0.717, 1.165) is 38.8 Å². The van der Waals surface area contributed by atoms with Gasteiger partial charge in [-0.05, 0) is 145 Å². The Balaban J connectivity index is 1.30. The van der Waals surface area contributed by atoms with E-state index < -0.39 is 0 Å². The third-order valence-corrected chi connectivity index (χ3v) is 12.2. The molecule has 0 aliphatic carbocycles. The highest BCUT2D eigenvalue weighted by atomic mass is 15.1. The van der Waals surface area contributed by atoms with Crippen LogP contribution in [0.15, 0.2) is 182 Å². The molecule has 56 heavy (non-hydrogen) atoms. The van der Waals surface area contributed by atoms with Crippen molar-refractivity contribution in [2.75, 3.05) is 22.9 Å². The van der Waals surface area contributed by atoms with Gasteiger partial charge < -0.3 is 9.80 Å². The lowest BCUT2D eigenvalue weighted by molar-refractivity contribution is 0.767. The van der Waals surface area contributed by atoms with Gasteiger partial charge in [0.2, 0.25) is 0 Å². The minimum absolute atomic E-state index is 1.01. The normalized spacial score (nSPS) is 13.9. The molecule has 2 aliphatic heterocycles. The smallest absolute Gasteiger partial charge is 0.0443 e. The quantitative estimate of drug-likeness (QED) is 0.164. The zero-order chi connectivity index (χ0) is 37.0. The number of hydrogen-bond acceptors (Lipinski definition) is 2. The first-order valence-corrected chi connectivity index (χ1v) is 20.2. The Morgan fingerprint density at radius 3 is 1.32 bits per heavy atom. The lowest BCUT2D eigenvalue weighted by atomic mass is 9.81. The Hall–Kier alpha value is -6.64. The molecule has 0 saturated carbocycles. The van der Waals surface area contributed by atoms with Gasteiger partial charge in [-0.3, -0.25) is 0 Å². The molecule has 0 fully saturated rings. The monoisotopic (exact) mass is 718 g/mol. The molecule has 0 N–H and O–H groups in total. The molecule has 0 radical (unpaired) electrons. The lowest BCUT2D eigenvalue weighted by Crippen LogP contribution is -2.24. The van der Waals surface area contributed by atoms with Crippen molar-refractivity contribution in [2.24, 2.45) is 0 Å². The van der Waals surface area contributed by atoms with E-state index in [1.54, 1.807) is 0 Å². The molecule has 11 rings (SSSR count). The summed E-state index contributed by atoms with van der Waals surface area (Å²) in [7, 11) is 0. The maximum Gasteiger partial charge on any atom is 0.0443 e. The van der Waals surface area contributed by atoms with Gasteiger partial charge in [0.25, 0.3) is 0 Å². The summed E-state index contributed by atoms with van der Waals surface area (Å²) in [6.45, 7) is 2.02. The van der Waals surface area contributed by atoms with Crippen molar-refractivity contribution in [3.8, 4) is 33.4 Å². The molecule has 0 bridgehead atoms. The van der Waals surface area contributed by atoms with E-state index in [9.17, 15) is 0 Å². The Labute approximate surface area is 328 Å². The molecule has 0 saturated heterocycles. The maximum atomic E-state index is 2.55. The molecule has 0 atom stereocenters. The first-order valence-electron chi connectivity index (χ1n) is 20.2. The van der Waals surface area contributed by atoms with Crippen molar-refractivity contribution >= 4 is 55.1 Å². The fourth-order valence-corrected chi connectivity index (χ4v) is 9.71. The van der Waals surface area contributed by atoms with Crippen LogP contribution in [0.5, 0.6) is 0 Å². The van der Waals surface area contributed by atoms with E-state index in [0.29, 0.717) is 0 Å². The number of benzene rings is 9. The Morgan fingerprint density at radius 1 is 0.339 bits per heavy atom. The van der Waals surface area contributed by atoms with E-state index in [4.69, 9.17) is 0 Å². The standard InChI is InChI=1S/C54H42N2/c1-4-16-37(17-5-1)46-36-47(38-18-6-2-7-19-38)53-44-30-28-42(55-32-14-24-39-20-10-12-26-50(39)55)34-48(44)49-35-43(56-33-15-25-40-21-11-13-27-51(40)56)29-31-45(49)54(53)52(46)41-22-8-3-9-23-41/h1-13,16-23,26-31,34-36H,14-15,24-25,32-33H2. The average Bonchev–Trinajstić information content (AvgIpc) is 3.28. The number of rotatable bonds is 5. The van der Waals surface area contributed by atoms with E-state index in [2.05, 4.69) is 192 Å². The number of hydrogen-bond donors (Lipinski definition) is 0. The molecule has 2 nitrogen and oxygen atoms in total. The molecule has 9 aromatic carbocycles. The number of para-hydroxylation sites is 2. The lowest BCUT2D eigenvalue weighted by Gasteiger charge is -2.32. The van der Waals surface area contributed by atoms with Gasteiger partial charge in [0.1, 0.15) is 0 Å². The molecule has 268 valence electrons. The SMILES string of the molecule is c1ccc(-c2cc(-c3ccccc3)c3c4ccc(N5CCCc6ccccc65)cc4c4cc(N5CCCc6ccccc65)ccc4c3c2-c2ccccc2)cc1. The van der Waals surface area contributed by atoms with Gasteiger partial charge in [-0.25, -0.2) is 0 Å². The predicted octanol–water partition coefficient (Wildman–Crippen LogP) is 14.3. The highest BCUT2D eigenvalue weighted by molar-refractivity contribution is 6.33. The molecular formula is C54H42N2. The third-order valence-electron chi connectivity index (χ3n) is 12.2. The second-order valence-corrected chi connectivity index (χ2v) is 15.4. The van der Waals surface area contributed by atoms with Gasteiger partial charge in [0.15, 0.2) is 0 Å². The average molecular weight is 719 g/mol. The second kappa shape index (κ2) is 13.6. The van der Waals surface area contributed by atoms with E-state index in [1.165, 1.54) is 99.6 Å². The number of nitrogens with zero attached hydrogens (tertiary/aromatic N) is 2. The Bertz CT molecular complexity index is 2910. The molecule has 0 unspecified atom stereocenters. The molecular weight excluding hydrogens is 677 g/mol. The van der Waals surface area contributed by atoms with Crippen molar-refractivity contribution in [3.05, 3.63) is 193 Å². The first-order chi connectivity index (χ1) is 27.8. The van der Waals surface area contributed by atoms with Crippen LogP contribution < -0.4 is 9.80 Å². The van der Waals surface area contributed by atoms with Crippen molar-refractivity contribution in [1.82, 2.24) is 0 Å². The summed E-state index contributed by atoms with van der Waals surface area (Å²) in [6, 6.07) is 68.1. The molecule has 0 amide bonds. The van der Waals surface area contributed by atoms with Gasteiger partial charge in [-0.15, -0.1) is 0 Å². The van der Waals surface area contributed by atoms with Crippen LogP contribution in [0, 0.1) is 0 Å². The molecule has 2 heterocycles. The summed E-state index contributed by atoms with van der Waals surface area (Å²) in [5.74, 6) is 0. The highest BCUT2D eigenvalue weighted by Crippen LogP contribution is 2.50. The van der Waals surface area contributed by atoms with Crippen LogP contribution in [0.4, 0.5) is 22.7 Å². The van der Waals surface area contributed by atoms with Gasteiger partial charge in [-0.2, -0.15) is 0 Å². The van der Waals surface area contributed by atoms with Crippen molar-refractivity contribution in [3.63, 3.8) is 0 Å². The first kappa shape index (κ1) is 32.8. The summed E-state index contributed by atoms with van der Waals surface area (Å²) in [6.07, 6.45) is 4.54. The van der Waals surface area contributed by atoms with Crippen LogP contribution in [0.1, 0.15) is 24.0 Å². The van der Waals surface area contributed by atoms with Crippen LogP contribution >= 0.6 is 0 Å². The minimum atomic E-state index is 1.01. The van der Waals surface area contributed by atoms with Crippen LogP contribution in [-0.4, -0.2) is 13.1 Å². The van der Waals surface area contributed by atoms with Crippen LogP contribution in [-0.2, 0) is 12.8 Å². The van der Waals surface area contributed by atoms with Gasteiger partial charge >= 0.3 is 0 Å². The van der Waals surface area contributed by atoms with Gasteiger partial charge in [-0.1, -0.05) is 140 Å². The molecule has 2 heteroatoms. The topological polar surface area (TPSA) is 6.48 Å². The third kappa shape index (κ3) is 5.39. The summed E-state index contributed by atoms with van der Waals surface area (Å²) in [5, 5.41) is 7.77. The zero-order valence-electron chi connectivity index (χ0n) is 31.5. The number of aryl methyl sites for hydroxylation is 2. The van der Waals surface area contributed by atoms with E-state index >= 15 is 0 Å². The van der Waals surface area contributed by atoms with Gasteiger partial charge in [0, 0.05) is 35.8 Å². The predicted molar refractivity (Wildman–Crippen MR) is 239 cm³/mol. The maximum absolute atomic E-state index is 2.55. The fraction of sp³-hybridized carbons (Fsp3) is 0.111. The van der Waals surface area contributed by atoms with Crippen molar-refractivity contribution in [1.29, 1.82) is 0 Å². The Morgan fingerprint density at radius 2 is 0.786 bits per heavy atom. The molecule has 0 spiro atoms. The fourth-order valence-electron chi connectivity index (χ4n) is 9.71. The molecule has 9 aromatic rings. The minimum Gasteiger partial charge on any atom is -0.341 e. The number of anilines is 4. The van der Waals surface area contributed by atoms with Crippen LogP contribution in [0.3, 0.4) is 0 Å². The largest absolute Gasteiger partial charge is 0.341 e. The number of fused-ring (bicyclic) bond motifs is 8. The van der Waals surface area contributed by atoms with E-state index in [1.807, 2.05) is 0 Å². The van der Waals surface area contributed by atoms with Crippen LogP contribution in [0.2, 0.25) is 0 Å². The summed E-state index contributed by atoms with van der Waals surface area (Å²) < 4.78 is 0.